The minimum Gasteiger partial charge on any atom is -0.469 e. The molecule has 1 fully saturated rings. The minimum absolute atomic E-state index is 0. The highest BCUT2D eigenvalue weighted by atomic mass is 127. The quantitative estimate of drug-likeness (QED) is 0.149. The van der Waals surface area contributed by atoms with Crippen molar-refractivity contribution < 1.29 is 19.0 Å². The van der Waals surface area contributed by atoms with Crippen LogP contribution in [0.25, 0.3) is 0 Å². The second kappa shape index (κ2) is 16.8. The predicted molar refractivity (Wildman–Crippen MR) is 110 cm³/mol. The summed E-state index contributed by atoms with van der Waals surface area (Å²) in [6, 6.07) is 0. The van der Waals surface area contributed by atoms with Gasteiger partial charge in [-0.1, -0.05) is 0 Å². The lowest BCUT2D eigenvalue weighted by Gasteiger charge is -2.11. The first-order chi connectivity index (χ1) is 11.8. The van der Waals surface area contributed by atoms with Gasteiger partial charge in [-0.25, -0.2) is 0 Å². The van der Waals surface area contributed by atoms with Crippen molar-refractivity contribution in [2.24, 2.45) is 10.9 Å². The number of hydrogen-bond donors (Lipinski definition) is 2. The first-order valence-corrected chi connectivity index (χ1v) is 9.00. The molecule has 148 valence electrons. The fraction of sp³-hybridized carbons (Fsp3) is 0.882. The molecule has 1 saturated heterocycles. The van der Waals surface area contributed by atoms with Gasteiger partial charge >= 0.3 is 5.97 Å². The second-order valence-electron chi connectivity index (χ2n) is 5.88. The van der Waals surface area contributed by atoms with Crippen LogP contribution in [0.1, 0.15) is 39.0 Å². The Morgan fingerprint density at radius 1 is 1.28 bits per heavy atom. The highest BCUT2D eigenvalue weighted by molar-refractivity contribution is 14.0. The van der Waals surface area contributed by atoms with E-state index < -0.39 is 0 Å². The van der Waals surface area contributed by atoms with Crippen LogP contribution in [0.5, 0.6) is 0 Å². The maximum absolute atomic E-state index is 11.0. The summed E-state index contributed by atoms with van der Waals surface area (Å²) in [5, 5.41) is 6.50. The summed E-state index contributed by atoms with van der Waals surface area (Å²) in [5.41, 5.74) is 0. The number of carbonyl (C=O) groups is 1. The van der Waals surface area contributed by atoms with Crippen LogP contribution in [0, 0.1) is 5.92 Å². The van der Waals surface area contributed by atoms with E-state index in [-0.39, 0.29) is 29.9 Å². The molecule has 0 radical (unpaired) electrons. The van der Waals surface area contributed by atoms with Crippen LogP contribution in [-0.2, 0) is 19.0 Å². The van der Waals surface area contributed by atoms with Crippen molar-refractivity contribution in [3.63, 3.8) is 0 Å². The number of carbonyl (C=O) groups excluding carboxylic acids is 1. The molecule has 0 aromatic carbocycles. The predicted octanol–water partition coefficient (Wildman–Crippen LogP) is 1.95. The molecule has 0 aromatic heterocycles. The molecule has 1 heterocycles. The normalized spacial score (nSPS) is 17.0. The lowest BCUT2D eigenvalue weighted by atomic mass is 10.1. The van der Waals surface area contributed by atoms with Gasteiger partial charge in [-0.2, -0.15) is 0 Å². The molecule has 0 aromatic rings. The molecule has 0 amide bonds. The Morgan fingerprint density at radius 3 is 2.80 bits per heavy atom. The van der Waals surface area contributed by atoms with Crippen molar-refractivity contribution in [2.45, 2.75) is 39.0 Å². The van der Waals surface area contributed by atoms with Gasteiger partial charge in [0.15, 0.2) is 5.96 Å². The monoisotopic (exact) mass is 471 g/mol. The van der Waals surface area contributed by atoms with Crippen molar-refractivity contribution in [3.8, 4) is 0 Å². The number of methoxy groups -OCH3 is 1. The van der Waals surface area contributed by atoms with Gasteiger partial charge in [0.1, 0.15) is 0 Å². The molecule has 1 rings (SSSR count). The van der Waals surface area contributed by atoms with E-state index in [2.05, 4.69) is 20.4 Å². The SMILES string of the molecule is CCNC(=NCCCOCC1CCOC1)NCCCCC(=O)OC.I. The summed E-state index contributed by atoms with van der Waals surface area (Å²) in [6.45, 7) is 7.63. The summed E-state index contributed by atoms with van der Waals surface area (Å²) in [7, 11) is 1.42. The Bertz CT molecular complexity index is 364. The fourth-order valence-electron chi connectivity index (χ4n) is 2.37. The van der Waals surface area contributed by atoms with Crippen molar-refractivity contribution in [2.75, 3.05) is 53.2 Å². The molecule has 0 spiro atoms. The Hall–Kier alpha value is -0.610. The minimum atomic E-state index is -0.153. The average molecular weight is 471 g/mol. The Morgan fingerprint density at radius 2 is 2.12 bits per heavy atom. The molecule has 7 nitrogen and oxygen atoms in total. The van der Waals surface area contributed by atoms with Crippen molar-refractivity contribution >= 4 is 35.9 Å². The largest absolute Gasteiger partial charge is 0.469 e. The third-order valence-corrected chi connectivity index (χ3v) is 3.77. The van der Waals surface area contributed by atoms with Crippen LogP contribution in [-0.4, -0.2) is 65.1 Å². The molecule has 1 aliphatic heterocycles. The maximum Gasteiger partial charge on any atom is 0.305 e. The molecule has 1 atom stereocenters. The fourth-order valence-corrected chi connectivity index (χ4v) is 2.37. The lowest BCUT2D eigenvalue weighted by Crippen LogP contribution is -2.38. The molecule has 25 heavy (non-hydrogen) atoms. The number of nitrogens with one attached hydrogen (secondary N) is 2. The van der Waals surface area contributed by atoms with Crippen molar-refractivity contribution in [3.05, 3.63) is 0 Å². The molecule has 2 N–H and O–H groups in total. The van der Waals surface area contributed by atoms with Gasteiger partial charge in [0, 0.05) is 45.2 Å². The van der Waals surface area contributed by atoms with Crippen LogP contribution < -0.4 is 10.6 Å². The number of guanidine groups is 1. The van der Waals surface area contributed by atoms with Crippen LogP contribution in [0.3, 0.4) is 0 Å². The molecule has 0 bridgehead atoms. The number of rotatable bonds is 12. The number of nitrogens with zero attached hydrogens (tertiary/aromatic N) is 1. The van der Waals surface area contributed by atoms with E-state index in [1.165, 1.54) is 7.11 Å². The van der Waals surface area contributed by atoms with Crippen LogP contribution >= 0.6 is 24.0 Å². The second-order valence-corrected chi connectivity index (χ2v) is 5.88. The standard InChI is InChI=1S/C17H33N3O4.HI/c1-3-18-17(19-9-5-4-7-16(21)22-2)20-10-6-11-23-13-15-8-12-24-14-15;/h15H,3-14H2,1-2H3,(H2,18,19,20);1H. The third kappa shape index (κ3) is 13.3. The molecule has 8 heteroatoms. The van der Waals surface area contributed by atoms with Crippen LogP contribution in [0.15, 0.2) is 4.99 Å². The molecule has 0 saturated carbocycles. The number of hydrogen-bond acceptors (Lipinski definition) is 5. The van der Waals surface area contributed by atoms with Gasteiger partial charge in [0.05, 0.1) is 20.3 Å². The number of aliphatic imine (C=N–C) groups is 1. The van der Waals surface area contributed by atoms with Crippen molar-refractivity contribution in [1.29, 1.82) is 0 Å². The van der Waals surface area contributed by atoms with Gasteiger partial charge in [0.25, 0.3) is 0 Å². The molecular formula is C17H34IN3O4. The number of esters is 1. The molecule has 1 unspecified atom stereocenters. The summed E-state index contributed by atoms with van der Waals surface area (Å²) in [6.07, 6.45) is 4.22. The van der Waals surface area contributed by atoms with E-state index in [1.54, 1.807) is 0 Å². The zero-order valence-corrected chi connectivity index (χ0v) is 17.9. The first kappa shape index (κ1) is 24.4. The van der Waals surface area contributed by atoms with Crippen molar-refractivity contribution in [1.82, 2.24) is 10.6 Å². The smallest absolute Gasteiger partial charge is 0.305 e. The number of halogens is 1. The van der Waals surface area contributed by atoms with Gasteiger partial charge < -0.3 is 24.8 Å². The highest BCUT2D eigenvalue weighted by Gasteiger charge is 2.15. The zero-order chi connectivity index (χ0) is 17.5. The maximum atomic E-state index is 11.0. The Balaban J connectivity index is 0.00000576. The topological polar surface area (TPSA) is 81.2 Å². The van der Waals surface area contributed by atoms with Crippen LogP contribution in [0.2, 0.25) is 0 Å². The van der Waals surface area contributed by atoms with Gasteiger partial charge in [0.2, 0.25) is 0 Å². The molecular weight excluding hydrogens is 437 g/mol. The summed E-state index contributed by atoms with van der Waals surface area (Å²) in [4.78, 5) is 15.6. The third-order valence-electron chi connectivity index (χ3n) is 3.77. The average Bonchev–Trinajstić information content (AvgIpc) is 3.10. The Kier molecular flexibility index (Phi) is 16.4. The van der Waals surface area contributed by atoms with Gasteiger partial charge in [-0.15, -0.1) is 24.0 Å². The van der Waals surface area contributed by atoms with E-state index >= 15 is 0 Å². The summed E-state index contributed by atoms with van der Waals surface area (Å²) >= 11 is 0. The summed E-state index contributed by atoms with van der Waals surface area (Å²) < 4.78 is 15.6. The Labute approximate surface area is 168 Å². The van der Waals surface area contributed by atoms with E-state index in [1.807, 2.05) is 6.92 Å². The van der Waals surface area contributed by atoms with Crippen LogP contribution in [0.4, 0.5) is 0 Å². The summed E-state index contributed by atoms with van der Waals surface area (Å²) in [5.74, 6) is 1.23. The zero-order valence-electron chi connectivity index (χ0n) is 15.6. The van der Waals surface area contributed by atoms with E-state index in [4.69, 9.17) is 9.47 Å². The van der Waals surface area contributed by atoms with E-state index in [0.29, 0.717) is 12.3 Å². The van der Waals surface area contributed by atoms with Gasteiger partial charge in [-0.3, -0.25) is 9.79 Å². The van der Waals surface area contributed by atoms with Gasteiger partial charge in [-0.05, 0) is 32.6 Å². The van der Waals surface area contributed by atoms with E-state index in [9.17, 15) is 4.79 Å². The highest BCUT2D eigenvalue weighted by Crippen LogP contribution is 2.12. The number of unbranched alkanes of at least 4 members (excludes halogenated alkanes) is 1. The lowest BCUT2D eigenvalue weighted by molar-refractivity contribution is -0.140. The van der Waals surface area contributed by atoms with E-state index in [0.717, 1.165) is 77.7 Å². The number of ether oxygens (including phenoxy) is 3. The molecule has 1 aliphatic rings. The molecule has 0 aliphatic carbocycles. The first-order valence-electron chi connectivity index (χ1n) is 9.00.